The molecule has 1 heterocycles. The van der Waals surface area contributed by atoms with Crippen LogP contribution >= 0.6 is 0 Å². The summed E-state index contributed by atoms with van der Waals surface area (Å²) < 4.78 is 1.11. The molecule has 0 aromatic rings. The highest BCUT2D eigenvalue weighted by Crippen LogP contribution is 2.14. The van der Waals surface area contributed by atoms with Gasteiger partial charge in [-0.25, -0.2) is 0 Å². The van der Waals surface area contributed by atoms with E-state index in [9.17, 15) is 0 Å². The highest BCUT2D eigenvalue weighted by molar-refractivity contribution is 4.83. The molecule has 9 heavy (non-hydrogen) atoms. The molecule has 1 fully saturated rings. The summed E-state index contributed by atoms with van der Waals surface area (Å²) in [6, 6.07) is 0. The van der Waals surface area contributed by atoms with E-state index >= 15 is 0 Å². The van der Waals surface area contributed by atoms with Crippen molar-refractivity contribution >= 4 is 0 Å². The van der Waals surface area contributed by atoms with Crippen LogP contribution in [0.5, 0.6) is 0 Å². The van der Waals surface area contributed by atoms with Gasteiger partial charge in [-0.05, 0) is 5.92 Å². The van der Waals surface area contributed by atoms with Gasteiger partial charge in [0.1, 0.15) is 6.54 Å². The number of hydrogen-bond donors (Lipinski definition) is 0. The first-order chi connectivity index (χ1) is 4.27. The van der Waals surface area contributed by atoms with Gasteiger partial charge in [0, 0.05) is 12.8 Å². The molecule has 0 saturated carbocycles. The lowest BCUT2D eigenvalue weighted by Gasteiger charge is -2.25. The number of quaternary nitrogens is 1. The lowest BCUT2D eigenvalue weighted by Crippen LogP contribution is -2.40. The highest BCUT2D eigenvalue weighted by atomic mass is 15.3. The summed E-state index contributed by atoms with van der Waals surface area (Å²) in [7, 11) is 2.24. The predicted octanol–water partition coefficient (Wildman–Crippen LogP) is 0.860. The molecule has 50 valence electrons. The van der Waals surface area contributed by atoms with Crippen LogP contribution in [0.25, 0.3) is 0 Å². The Balaban J connectivity index is 2.43. The topological polar surface area (TPSA) is 0 Å². The summed E-state index contributed by atoms with van der Waals surface area (Å²) in [6.45, 7) is 3.48. The molecule has 0 amide bonds. The number of hydrogen-bond acceptors (Lipinski definition) is 0. The van der Waals surface area contributed by atoms with Crippen molar-refractivity contribution in [2.45, 2.75) is 12.8 Å². The molecule has 0 aromatic heterocycles. The second-order valence-corrected chi connectivity index (χ2v) is 3.14. The average Bonchev–Trinajstić information content (AvgIpc) is 2.16. The van der Waals surface area contributed by atoms with Gasteiger partial charge in [-0.2, -0.15) is 0 Å². The molecule has 0 aromatic carbocycles. The molecule has 1 aliphatic heterocycles. The minimum atomic E-state index is 0.917. The normalized spacial score (nSPS) is 23.6. The van der Waals surface area contributed by atoms with Gasteiger partial charge in [0.05, 0.1) is 20.1 Å². The van der Waals surface area contributed by atoms with Gasteiger partial charge in [0.25, 0.3) is 0 Å². The Morgan fingerprint density at radius 2 is 2.00 bits per heavy atom. The molecule has 1 nitrogen and oxygen atoms in total. The molecule has 1 aliphatic rings. The molecule has 1 saturated heterocycles. The molecule has 0 unspecified atom stereocenters. The third kappa shape index (κ3) is 1.46. The molecular weight excluding hydrogens is 110 g/mol. The first-order valence-electron chi connectivity index (χ1n) is 3.54. The third-order valence-corrected chi connectivity index (χ3v) is 2.12. The van der Waals surface area contributed by atoms with Crippen LogP contribution in [0.2, 0.25) is 0 Å². The van der Waals surface area contributed by atoms with Crippen molar-refractivity contribution in [3.63, 3.8) is 0 Å². The zero-order valence-corrected chi connectivity index (χ0v) is 6.06. The molecule has 0 bridgehead atoms. The summed E-state index contributed by atoms with van der Waals surface area (Å²) in [5.74, 6) is 2.72. The second-order valence-electron chi connectivity index (χ2n) is 3.14. The zero-order chi connectivity index (χ0) is 6.74. The average molecular weight is 124 g/mol. The van der Waals surface area contributed by atoms with Crippen LogP contribution in [0, 0.1) is 12.3 Å². The maximum absolute atomic E-state index is 5.23. The second kappa shape index (κ2) is 2.41. The Bertz CT molecular complexity index is 126. The summed E-state index contributed by atoms with van der Waals surface area (Å²) in [5, 5.41) is 0. The number of terminal acetylenes is 1. The van der Waals surface area contributed by atoms with Crippen molar-refractivity contribution in [3.8, 4) is 12.3 Å². The van der Waals surface area contributed by atoms with Crippen LogP contribution in [-0.2, 0) is 0 Å². The van der Waals surface area contributed by atoms with E-state index in [1.807, 2.05) is 0 Å². The maximum atomic E-state index is 5.23. The fourth-order valence-corrected chi connectivity index (χ4v) is 1.48. The molecular formula is C8H14N+. The van der Waals surface area contributed by atoms with Crippen LogP contribution in [0.15, 0.2) is 0 Å². The summed E-state index contributed by atoms with van der Waals surface area (Å²) in [6.07, 6.45) is 7.95. The first-order valence-corrected chi connectivity index (χ1v) is 3.54. The van der Waals surface area contributed by atoms with E-state index < -0.39 is 0 Å². The Morgan fingerprint density at radius 1 is 1.44 bits per heavy atom. The van der Waals surface area contributed by atoms with E-state index in [2.05, 4.69) is 13.0 Å². The molecule has 0 spiro atoms. The molecule has 1 heteroatoms. The van der Waals surface area contributed by atoms with Crippen LogP contribution < -0.4 is 0 Å². The highest BCUT2D eigenvalue weighted by Gasteiger charge is 2.24. The molecule has 1 rings (SSSR count). The standard InChI is InChI=1S/C8H14N/c1-3-6-9(2)7-4-5-8-9/h1H,4-8H2,2H3/q+1. The third-order valence-electron chi connectivity index (χ3n) is 2.12. The van der Waals surface area contributed by atoms with Crippen molar-refractivity contribution in [1.29, 1.82) is 0 Å². The number of nitrogens with zero attached hydrogens (tertiary/aromatic N) is 1. The molecule has 0 radical (unpaired) electrons. The number of likely N-dealkylation sites (tertiary alicyclic amines) is 1. The molecule has 0 N–H and O–H groups in total. The van der Waals surface area contributed by atoms with Crippen molar-refractivity contribution in [3.05, 3.63) is 0 Å². The number of rotatable bonds is 1. The van der Waals surface area contributed by atoms with Gasteiger partial charge in [0.15, 0.2) is 0 Å². The van der Waals surface area contributed by atoms with E-state index in [1.165, 1.54) is 25.9 Å². The quantitative estimate of drug-likeness (QED) is 0.359. The van der Waals surface area contributed by atoms with E-state index in [0.29, 0.717) is 0 Å². The van der Waals surface area contributed by atoms with Crippen molar-refractivity contribution < 1.29 is 4.48 Å². The van der Waals surface area contributed by atoms with Crippen molar-refractivity contribution in [2.75, 3.05) is 26.7 Å². The lowest BCUT2D eigenvalue weighted by atomic mass is 10.4. The van der Waals surface area contributed by atoms with Crippen molar-refractivity contribution in [2.24, 2.45) is 0 Å². The summed E-state index contributed by atoms with van der Waals surface area (Å²) in [5.41, 5.74) is 0. The molecule has 0 aliphatic carbocycles. The Morgan fingerprint density at radius 3 is 2.44 bits per heavy atom. The fourth-order valence-electron chi connectivity index (χ4n) is 1.48. The lowest BCUT2D eigenvalue weighted by molar-refractivity contribution is -0.890. The van der Waals surface area contributed by atoms with Crippen LogP contribution in [-0.4, -0.2) is 31.2 Å². The van der Waals surface area contributed by atoms with E-state index in [1.54, 1.807) is 0 Å². The predicted molar refractivity (Wildman–Crippen MR) is 38.9 cm³/mol. The van der Waals surface area contributed by atoms with E-state index in [4.69, 9.17) is 6.42 Å². The minimum Gasteiger partial charge on any atom is -0.316 e. The van der Waals surface area contributed by atoms with Crippen LogP contribution in [0.3, 0.4) is 0 Å². The fraction of sp³-hybridized carbons (Fsp3) is 0.750. The summed E-state index contributed by atoms with van der Waals surface area (Å²) >= 11 is 0. The van der Waals surface area contributed by atoms with E-state index in [0.717, 1.165) is 11.0 Å². The van der Waals surface area contributed by atoms with Gasteiger partial charge in [-0.1, -0.05) is 0 Å². The minimum absolute atomic E-state index is 0.917. The Kier molecular flexibility index (Phi) is 1.78. The van der Waals surface area contributed by atoms with Gasteiger partial charge in [0.2, 0.25) is 0 Å². The van der Waals surface area contributed by atoms with Crippen molar-refractivity contribution in [1.82, 2.24) is 0 Å². The SMILES string of the molecule is C#CC[N+]1(C)CCCC1. The van der Waals surface area contributed by atoms with Crippen LogP contribution in [0.4, 0.5) is 0 Å². The zero-order valence-electron chi connectivity index (χ0n) is 6.06. The smallest absolute Gasteiger partial charge is 0.140 e. The Labute approximate surface area is 57.3 Å². The molecule has 0 atom stereocenters. The monoisotopic (exact) mass is 124 g/mol. The maximum Gasteiger partial charge on any atom is 0.140 e. The van der Waals surface area contributed by atoms with Gasteiger partial charge < -0.3 is 4.48 Å². The van der Waals surface area contributed by atoms with E-state index in [-0.39, 0.29) is 0 Å². The van der Waals surface area contributed by atoms with Gasteiger partial charge >= 0.3 is 0 Å². The van der Waals surface area contributed by atoms with Gasteiger partial charge in [-0.3, -0.25) is 0 Å². The first kappa shape index (κ1) is 6.64. The summed E-state index contributed by atoms with van der Waals surface area (Å²) in [4.78, 5) is 0. The largest absolute Gasteiger partial charge is 0.316 e. The van der Waals surface area contributed by atoms with Gasteiger partial charge in [-0.15, -0.1) is 6.42 Å². The van der Waals surface area contributed by atoms with Crippen LogP contribution in [0.1, 0.15) is 12.8 Å². The Hall–Kier alpha value is -0.480.